The number of nitrogens with zero attached hydrogens (tertiary/aromatic N) is 4. The van der Waals surface area contributed by atoms with Gasteiger partial charge < -0.3 is 5.32 Å². The van der Waals surface area contributed by atoms with Gasteiger partial charge in [0.15, 0.2) is 5.82 Å². The smallest absolute Gasteiger partial charge is 0.282 e. The van der Waals surface area contributed by atoms with E-state index in [-0.39, 0.29) is 29.6 Å². The number of carbonyl (C=O) groups excluding carboxylic acids is 1. The van der Waals surface area contributed by atoms with E-state index < -0.39 is 18.1 Å². The normalized spacial score (nSPS) is 11.2. The maximum Gasteiger partial charge on any atom is 0.282 e. The first-order valence-electron chi connectivity index (χ1n) is 8.34. The van der Waals surface area contributed by atoms with Crippen LogP contribution in [0.3, 0.4) is 0 Å². The van der Waals surface area contributed by atoms with Crippen molar-refractivity contribution in [2.75, 3.05) is 5.32 Å². The molecule has 3 rings (SSSR count). The molecule has 28 heavy (non-hydrogen) atoms. The van der Waals surface area contributed by atoms with Crippen LogP contribution in [0.4, 0.5) is 19.0 Å². The minimum atomic E-state index is -2.70. The summed E-state index contributed by atoms with van der Waals surface area (Å²) in [7, 11) is 0. The van der Waals surface area contributed by atoms with Crippen LogP contribution in [0.25, 0.3) is 0 Å². The van der Waals surface area contributed by atoms with Crippen molar-refractivity contribution in [3.05, 3.63) is 63.8 Å². The highest BCUT2D eigenvalue weighted by molar-refractivity contribution is 6.31. The van der Waals surface area contributed by atoms with Gasteiger partial charge in [-0.25, -0.2) is 13.2 Å². The van der Waals surface area contributed by atoms with Gasteiger partial charge in [-0.3, -0.25) is 14.2 Å². The second-order valence-electron chi connectivity index (χ2n) is 6.25. The summed E-state index contributed by atoms with van der Waals surface area (Å²) in [6.07, 6.45) is -2.70. The number of aromatic nitrogens is 4. The molecule has 0 radical (unpaired) electrons. The Morgan fingerprint density at radius 2 is 1.89 bits per heavy atom. The molecule has 0 saturated carbocycles. The standard InChI is InChI=1S/C18H17ClF3N5O/c1-10-6-15(18(21)22)24-27(10)9-17(28)23-16-7-11(2)26(25-16)8-12-13(19)4-3-5-14(12)20/h3-7,18H,8-9H2,1-2H3,(H,23,25,28). The molecule has 148 valence electrons. The van der Waals surface area contributed by atoms with E-state index in [1.54, 1.807) is 26.0 Å². The van der Waals surface area contributed by atoms with Crippen LogP contribution in [0, 0.1) is 19.7 Å². The molecule has 0 unspecified atom stereocenters. The quantitative estimate of drug-likeness (QED) is 0.663. The van der Waals surface area contributed by atoms with Gasteiger partial charge >= 0.3 is 0 Å². The SMILES string of the molecule is Cc1cc(NC(=O)Cn2nc(C(F)F)cc2C)nn1Cc1c(F)cccc1Cl. The summed E-state index contributed by atoms with van der Waals surface area (Å²) in [4.78, 5) is 12.2. The average Bonchev–Trinajstić information content (AvgIpc) is 3.14. The third kappa shape index (κ3) is 4.36. The largest absolute Gasteiger partial charge is 0.308 e. The summed E-state index contributed by atoms with van der Waals surface area (Å²) in [5.41, 5.74) is 1.04. The van der Waals surface area contributed by atoms with E-state index in [4.69, 9.17) is 11.6 Å². The van der Waals surface area contributed by atoms with Crippen LogP contribution in [0.5, 0.6) is 0 Å². The Balaban J connectivity index is 1.70. The van der Waals surface area contributed by atoms with E-state index >= 15 is 0 Å². The second-order valence-corrected chi connectivity index (χ2v) is 6.65. The first-order chi connectivity index (χ1) is 13.2. The van der Waals surface area contributed by atoms with Gasteiger partial charge in [-0.15, -0.1) is 0 Å². The van der Waals surface area contributed by atoms with Crippen molar-refractivity contribution in [1.82, 2.24) is 19.6 Å². The van der Waals surface area contributed by atoms with E-state index in [1.165, 1.54) is 27.6 Å². The molecule has 1 amide bonds. The molecule has 6 nitrogen and oxygen atoms in total. The van der Waals surface area contributed by atoms with Crippen LogP contribution in [-0.4, -0.2) is 25.5 Å². The zero-order chi connectivity index (χ0) is 20.4. The first kappa shape index (κ1) is 19.9. The van der Waals surface area contributed by atoms with E-state index in [2.05, 4.69) is 15.5 Å². The summed E-state index contributed by atoms with van der Waals surface area (Å²) in [6.45, 7) is 3.21. The molecule has 0 saturated heterocycles. The number of carbonyl (C=O) groups is 1. The van der Waals surface area contributed by atoms with Crippen molar-refractivity contribution < 1.29 is 18.0 Å². The van der Waals surface area contributed by atoms with Crippen molar-refractivity contribution in [2.45, 2.75) is 33.4 Å². The molecule has 0 spiro atoms. The molecule has 0 aliphatic rings. The number of halogens is 4. The van der Waals surface area contributed by atoms with E-state index in [0.29, 0.717) is 17.0 Å². The number of nitrogens with one attached hydrogen (secondary N) is 1. The van der Waals surface area contributed by atoms with Gasteiger partial charge in [-0.1, -0.05) is 17.7 Å². The second kappa shape index (κ2) is 8.05. The van der Waals surface area contributed by atoms with Gasteiger partial charge in [0.25, 0.3) is 6.43 Å². The number of benzene rings is 1. The zero-order valence-corrected chi connectivity index (χ0v) is 15.8. The fourth-order valence-electron chi connectivity index (χ4n) is 2.69. The molecule has 3 aromatic rings. The lowest BCUT2D eigenvalue weighted by molar-refractivity contribution is -0.117. The van der Waals surface area contributed by atoms with Crippen LogP contribution in [0.1, 0.15) is 29.1 Å². The topological polar surface area (TPSA) is 64.7 Å². The average molecular weight is 412 g/mol. The van der Waals surface area contributed by atoms with Crippen molar-refractivity contribution in [3.8, 4) is 0 Å². The van der Waals surface area contributed by atoms with E-state index in [9.17, 15) is 18.0 Å². The number of hydrogen-bond acceptors (Lipinski definition) is 3. The van der Waals surface area contributed by atoms with Crippen molar-refractivity contribution in [1.29, 1.82) is 0 Å². The Morgan fingerprint density at radius 3 is 2.54 bits per heavy atom. The summed E-state index contributed by atoms with van der Waals surface area (Å²) in [5.74, 6) is -0.661. The molecule has 0 bridgehead atoms. The predicted octanol–water partition coefficient (Wildman–Crippen LogP) is 4.11. The van der Waals surface area contributed by atoms with Gasteiger partial charge in [0.1, 0.15) is 18.1 Å². The Hall–Kier alpha value is -2.81. The molecule has 1 aromatic carbocycles. The van der Waals surface area contributed by atoms with E-state index in [1.807, 2.05) is 0 Å². The molecule has 2 heterocycles. The summed E-state index contributed by atoms with van der Waals surface area (Å²) in [6, 6.07) is 7.26. The lowest BCUT2D eigenvalue weighted by Crippen LogP contribution is -2.20. The van der Waals surface area contributed by atoms with Crippen LogP contribution >= 0.6 is 11.6 Å². The number of anilines is 1. The number of amides is 1. The molecule has 10 heteroatoms. The lowest BCUT2D eigenvalue weighted by Gasteiger charge is -2.08. The molecule has 0 fully saturated rings. The molecular weight excluding hydrogens is 395 g/mol. The van der Waals surface area contributed by atoms with Gasteiger partial charge in [0, 0.05) is 28.0 Å². The van der Waals surface area contributed by atoms with Gasteiger partial charge in [-0.2, -0.15) is 10.2 Å². The summed E-state index contributed by atoms with van der Waals surface area (Å²) < 4.78 is 42.1. The molecule has 0 aliphatic heterocycles. The van der Waals surface area contributed by atoms with Crippen molar-refractivity contribution in [2.24, 2.45) is 0 Å². The highest BCUT2D eigenvalue weighted by Crippen LogP contribution is 2.21. The number of hydrogen-bond donors (Lipinski definition) is 1. The number of alkyl halides is 2. The summed E-state index contributed by atoms with van der Waals surface area (Å²) in [5, 5.41) is 10.8. The fourth-order valence-corrected chi connectivity index (χ4v) is 2.91. The van der Waals surface area contributed by atoms with Crippen molar-refractivity contribution in [3.63, 3.8) is 0 Å². The Kier molecular flexibility index (Phi) is 5.73. The third-order valence-corrected chi connectivity index (χ3v) is 4.49. The molecule has 1 N–H and O–H groups in total. The van der Waals surface area contributed by atoms with Gasteiger partial charge in [-0.05, 0) is 32.0 Å². The summed E-state index contributed by atoms with van der Waals surface area (Å²) >= 11 is 6.04. The van der Waals surface area contributed by atoms with Gasteiger partial charge in [0.05, 0.1) is 6.54 Å². The fraction of sp³-hybridized carbons (Fsp3) is 0.278. The highest BCUT2D eigenvalue weighted by atomic mass is 35.5. The van der Waals surface area contributed by atoms with Crippen LogP contribution < -0.4 is 5.32 Å². The van der Waals surface area contributed by atoms with Crippen LogP contribution in [0.2, 0.25) is 5.02 Å². The third-order valence-electron chi connectivity index (χ3n) is 4.14. The maximum absolute atomic E-state index is 14.0. The molecule has 0 atom stereocenters. The van der Waals surface area contributed by atoms with Crippen molar-refractivity contribution >= 4 is 23.3 Å². The van der Waals surface area contributed by atoms with Crippen LogP contribution in [0.15, 0.2) is 30.3 Å². The molecular formula is C18H17ClF3N5O. The monoisotopic (exact) mass is 411 g/mol. The van der Waals surface area contributed by atoms with Crippen LogP contribution in [-0.2, 0) is 17.9 Å². The zero-order valence-electron chi connectivity index (χ0n) is 15.1. The molecule has 0 aliphatic carbocycles. The Bertz CT molecular complexity index is 995. The number of aryl methyl sites for hydroxylation is 2. The molecule has 2 aromatic heterocycles. The first-order valence-corrected chi connectivity index (χ1v) is 8.72. The Labute approximate surface area is 163 Å². The minimum absolute atomic E-state index is 0.100. The Morgan fingerprint density at radius 1 is 1.18 bits per heavy atom. The van der Waals surface area contributed by atoms with E-state index in [0.717, 1.165) is 0 Å². The lowest BCUT2D eigenvalue weighted by atomic mass is 10.2. The predicted molar refractivity (Wildman–Crippen MR) is 98.0 cm³/mol. The highest BCUT2D eigenvalue weighted by Gasteiger charge is 2.16. The number of rotatable bonds is 6. The minimum Gasteiger partial charge on any atom is -0.308 e. The maximum atomic E-state index is 14.0. The van der Waals surface area contributed by atoms with Gasteiger partial charge in [0.2, 0.25) is 5.91 Å².